The summed E-state index contributed by atoms with van der Waals surface area (Å²) in [5.41, 5.74) is 0.249. The lowest BCUT2D eigenvalue weighted by molar-refractivity contribution is 0.0748. The van der Waals surface area contributed by atoms with Gasteiger partial charge in [-0.2, -0.15) is 0 Å². The van der Waals surface area contributed by atoms with Crippen LogP contribution in [0, 0.1) is 5.92 Å². The Morgan fingerprint density at radius 3 is 2.68 bits per heavy atom. The highest BCUT2D eigenvalue weighted by atomic mass is 16.3. The summed E-state index contributed by atoms with van der Waals surface area (Å²) in [6, 6.07) is 8.19. The largest absolute Gasteiger partial charge is 0.451 e. The third-order valence-corrected chi connectivity index (χ3v) is 2.83. The molecule has 19 heavy (non-hydrogen) atoms. The molecular formula is C15H17NO3. The fraction of sp³-hybridized carbons (Fsp3) is 0.333. The maximum atomic E-state index is 12.2. The van der Waals surface area contributed by atoms with Crippen LogP contribution >= 0.6 is 0 Å². The van der Waals surface area contributed by atoms with Crippen LogP contribution in [0.1, 0.15) is 24.4 Å². The lowest BCUT2D eigenvalue weighted by atomic mass is 10.2. The molecule has 1 amide bonds. The van der Waals surface area contributed by atoms with Crippen LogP contribution in [0.4, 0.5) is 0 Å². The normalized spacial score (nSPS) is 10.9. The van der Waals surface area contributed by atoms with Gasteiger partial charge in [0.05, 0.1) is 5.39 Å². The van der Waals surface area contributed by atoms with Crippen LogP contribution < -0.4 is 5.43 Å². The maximum absolute atomic E-state index is 12.2. The number of carbonyl (C=O) groups excluding carboxylic acids is 1. The fourth-order valence-corrected chi connectivity index (χ4v) is 2.03. The van der Waals surface area contributed by atoms with E-state index in [0.717, 1.165) is 0 Å². The molecule has 0 aliphatic carbocycles. The molecule has 0 N–H and O–H groups in total. The van der Waals surface area contributed by atoms with Gasteiger partial charge in [0.2, 0.25) is 0 Å². The van der Waals surface area contributed by atoms with E-state index in [-0.39, 0.29) is 17.1 Å². The highest BCUT2D eigenvalue weighted by Gasteiger charge is 2.17. The Morgan fingerprint density at radius 2 is 2.00 bits per heavy atom. The first-order valence-corrected chi connectivity index (χ1v) is 6.27. The minimum absolute atomic E-state index is 0.0897. The second-order valence-corrected chi connectivity index (χ2v) is 5.05. The van der Waals surface area contributed by atoms with Crippen LogP contribution in [0.15, 0.2) is 39.5 Å². The minimum Gasteiger partial charge on any atom is -0.451 e. The number of carbonyl (C=O) groups is 1. The zero-order valence-electron chi connectivity index (χ0n) is 11.3. The Kier molecular flexibility index (Phi) is 3.69. The van der Waals surface area contributed by atoms with Gasteiger partial charge < -0.3 is 9.32 Å². The summed E-state index contributed by atoms with van der Waals surface area (Å²) in [5.74, 6) is 0.185. The van der Waals surface area contributed by atoms with Crippen molar-refractivity contribution in [3.63, 3.8) is 0 Å². The van der Waals surface area contributed by atoms with E-state index in [0.29, 0.717) is 23.4 Å². The third-order valence-electron chi connectivity index (χ3n) is 2.83. The van der Waals surface area contributed by atoms with Crippen molar-refractivity contribution >= 4 is 16.9 Å². The fourth-order valence-electron chi connectivity index (χ4n) is 2.03. The number of para-hydroxylation sites is 1. The Labute approximate surface area is 111 Å². The number of hydrogen-bond acceptors (Lipinski definition) is 3. The molecule has 1 aromatic heterocycles. The molecule has 0 atom stereocenters. The molecule has 0 aliphatic rings. The standard InChI is InChI=1S/C15H17NO3/c1-10(2)9-16(3)15(18)14-8-12(17)11-6-4-5-7-13(11)19-14/h4-8,10H,9H2,1-3H3. The van der Waals surface area contributed by atoms with E-state index in [4.69, 9.17) is 4.42 Å². The minimum atomic E-state index is -0.267. The Balaban J connectivity index is 2.41. The molecule has 0 spiro atoms. The molecule has 0 aliphatic heterocycles. The second kappa shape index (κ2) is 5.26. The second-order valence-electron chi connectivity index (χ2n) is 5.05. The van der Waals surface area contributed by atoms with Crippen LogP contribution in [0.3, 0.4) is 0 Å². The molecule has 0 radical (unpaired) electrons. The first-order chi connectivity index (χ1) is 8.99. The summed E-state index contributed by atoms with van der Waals surface area (Å²) in [6.45, 7) is 4.68. The van der Waals surface area contributed by atoms with Crippen molar-refractivity contribution in [1.82, 2.24) is 4.90 Å². The van der Waals surface area contributed by atoms with Gasteiger partial charge in [-0.3, -0.25) is 9.59 Å². The summed E-state index contributed by atoms with van der Waals surface area (Å²) >= 11 is 0. The Hall–Kier alpha value is -2.10. The lowest BCUT2D eigenvalue weighted by Gasteiger charge is -2.18. The predicted molar refractivity (Wildman–Crippen MR) is 74.3 cm³/mol. The topological polar surface area (TPSA) is 50.5 Å². The highest BCUT2D eigenvalue weighted by Crippen LogP contribution is 2.13. The molecule has 0 bridgehead atoms. The van der Waals surface area contributed by atoms with Gasteiger partial charge in [-0.25, -0.2) is 0 Å². The Bertz CT molecular complexity index is 658. The molecule has 0 saturated carbocycles. The van der Waals surface area contributed by atoms with Crippen molar-refractivity contribution < 1.29 is 9.21 Å². The van der Waals surface area contributed by atoms with Crippen LogP contribution in [-0.4, -0.2) is 24.4 Å². The van der Waals surface area contributed by atoms with Gasteiger partial charge in [-0.05, 0) is 18.1 Å². The number of rotatable bonds is 3. The van der Waals surface area contributed by atoms with Gasteiger partial charge in [0.1, 0.15) is 5.58 Å². The van der Waals surface area contributed by atoms with Crippen molar-refractivity contribution in [2.75, 3.05) is 13.6 Å². The smallest absolute Gasteiger partial charge is 0.289 e. The molecule has 0 fully saturated rings. The quantitative estimate of drug-likeness (QED) is 0.851. The molecule has 4 heteroatoms. The van der Waals surface area contributed by atoms with Gasteiger partial charge >= 0.3 is 0 Å². The summed E-state index contributed by atoms with van der Waals surface area (Å²) in [5, 5.41) is 0.491. The van der Waals surface area contributed by atoms with E-state index in [1.54, 1.807) is 36.2 Å². The first-order valence-electron chi connectivity index (χ1n) is 6.27. The van der Waals surface area contributed by atoms with E-state index < -0.39 is 0 Å². The van der Waals surface area contributed by atoms with Gasteiger partial charge in [0.15, 0.2) is 11.2 Å². The van der Waals surface area contributed by atoms with Crippen molar-refractivity contribution in [3.05, 3.63) is 46.3 Å². The van der Waals surface area contributed by atoms with Gasteiger partial charge in [0, 0.05) is 19.7 Å². The van der Waals surface area contributed by atoms with Crippen molar-refractivity contribution in [2.45, 2.75) is 13.8 Å². The highest BCUT2D eigenvalue weighted by molar-refractivity contribution is 5.93. The van der Waals surface area contributed by atoms with Gasteiger partial charge in [-0.1, -0.05) is 26.0 Å². The van der Waals surface area contributed by atoms with Crippen molar-refractivity contribution in [3.8, 4) is 0 Å². The van der Waals surface area contributed by atoms with E-state index in [1.165, 1.54) is 6.07 Å². The molecular weight excluding hydrogens is 242 g/mol. The maximum Gasteiger partial charge on any atom is 0.289 e. The summed E-state index contributed by atoms with van der Waals surface area (Å²) in [4.78, 5) is 25.7. The number of fused-ring (bicyclic) bond motifs is 1. The zero-order chi connectivity index (χ0) is 14.0. The van der Waals surface area contributed by atoms with Crippen molar-refractivity contribution in [2.24, 2.45) is 5.92 Å². The number of hydrogen-bond donors (Lipinski definition) is 0. The number of amides is 1. The molecule has 1 aromatic carbocycles. The van der Waals surface area contributed by atoms with E-state index in [9.17, 15) is 9.59 Å². The average molecular weight is 259 g/mol. The SMILES string of the molecule is CC(C)CN(C)C(=O)c1cc(=O)c2ccccc2o1. The van der Waals surface area contributed by atoms with Crippen LogP contribution in [0.25, 0.3) is 11.0 Å². The summed E-state index contributed by atoms with van der Waals surface area (Å²) in [6.07, 6.45) is 0. The molecule has 0 unspecified atom stereocenters. The number of benzene rings is 1. The van der Waals surface area contributed by atoms with Crippen molar-refractivity contribution in [1.29, 1.82) is 0 Å². The molecule has 100 valence electrons. The molecule has 0 saturated heterocycles. The van der Waals surface area contributed by atoms with Gasteiger partial charge in [-0.15, -0.1) is 0 Å². The van der Waals surface area contributed by atoms with E-state index >= 15 is 0 Å². The first kappa shape index (κ1) is 13.3. The Morgan fingerprint density at radius 1 is 1.32 bits per heavy atom. The van der Waals surface area contributed by atoms with Crippen LogP contribution in [0.2, 0.25) is 0 Å². The number of nitrogens with zero attached hydrogens (tertiary/aromatic N) is 1. The lowest BCUT2D eigenvalue weighted by Crippen LogP contribution is -2.30. The summed E-state index contributed by atoms with van der Waals surface area (Å²) in [7, 11) is 1.71. The van der Waals surface area contributed by atoms with E-state index in [2.05, 4.69) is 0 Å². The van der Waals surface area contributed by atoms with E-state index in [1.807, 2.05) is 13.8 Å². The molecule has 4 nitrogen and oxygen atoms in total. The monoisotopic (exact) mass is 259 g/mol. The van der Waals surface area contributed by atoms with Crippen LogP contribution in [-0.2, 0) is 0 Å². The predicted octanol–water partition coefficient (Wildman–Crippen LogP) is 2.52. The summed E-state index contributed by atoms with van der Waals surface area (Å²) < 4.78 is 5.52. The third kappa shape index (κ3) is 2.84. The average Bonchev–Trinajstić information content (AvgIpc) is 2.37. The van der Waals surface area contributed by atoms with Gasteiger partial charge in [0.25, 0.3) is 5.91 Å². The molecule has 1 heterocycles. The molecule has 2 rings (SSSR count). The van der Waals surface area contributed by atoms with Crippen LogP contribution in [0.5, 0.6) is 0 Å². The molecule has 2 aromatic rings. The zero-order valence-corrected chi connectivity index (χ0v) is 11.3.